The van der Waals surface area contributed by atoms with Crippen molar-refractivity contribution in [3.05, 3.63) is 64.7 Å². The number of anilines is 1. The Morgan fingerprint density at radius 3 is 2.71 bits per heavy atom. The zero-order valence-corrected chi connectivity index (χ0v) is 12.3. The summed E-state index contributed by atoms with van der Waals surface area (Å²) < 4.78 is 0. The highest BCUT2D eigenvalue weighted by molar-refractivity contribution is 5.79. The number of carbonyl (C=O) groups excluding carboxylic acids is 1. The van der Waals surface area contributed by atoms with Crippen LogP contribution in [-0.4, -0.2) is 17.4 Å². The maximum Gasteiger partial charge on any atom is 0.227 e. The number of hydrogen-bond donors (Lipinski definition) is 1. The smallest absolute Gasteiger partial charge is 0.227 e. The van der Waals surface area contributed by atoms with Crippen molar-refractivity contribution >= 4 is 11.6 Å². The lowest BCUT2D eigenvalue weighted by molar-refractivity contribution is -0.131. The zero-order valence-electron chi connectivity index (χ0n) is 12.3. The highest BCUT2D eigenvalue weighted by Gasteiger charge is 2.21. The van der Waals surface area contributed by atoms with E-state index in [9.17, 15) is 4.79 Å². The highest BCUT2D eigenvalue weighted by Crippen LogP contribution is 2.24. The van der Waals surface area contributed by atoms with Crippen LogP contribution >= 0.6 is 0 Å². The van der Waals surface area contributed by atoms with Crippen molar-refractivity contribution in [3.63, 3.8) is 0 Å². The Bertz CT molecular complexity index is 661. The van der Waals surface area contributed by atoms with Gasteiger partial charge in [-0.3, -0.25) is 4.79 Å². The van der Waals surface area contributed by atoms with Gasteiger partial charge in [-0.1, -0.05) is 42.0 Å². The fourth-order valence-corrected chi connectivity index (χ4v) is 2.84. The Balaban J connectivity index is 1.71. The SMILES string of the molecule is Cc1ccc(CC(=O)N2CCc3c(N)cccc3C2)cc1. The lowest BCUT2D eigenvalue weighted by atomic mass is 9.97. The summed E-state index contributed by atoms with van der Waals surface area (Å²) in [7, 11) is 0. The Hall–Kier alpha value is -2.29. The number of nitrogen functional groups attached to an aromatic ring is 1. The first-order valence-electron chi connectivity index (χ1n) is 7.33. The molecule has 0 saturated carbocycles. The summed E-state index contributed by atoms with van der Waals surface area (Å²) >= 11 is 0. The average molecular weight is 280 g/mol. The van der Waals surface area contributed by atoms with Gasteiger partial charge in [0.25, 0.3) is 0 Å². The summed E-state index contributed by atoms with van der Waals surface area (Å²) in [4.78, 5) is 14.4. The van der Waals surface area contributed by atoms with Gasteiger partial charge in [0, 0.05) is 18.8 Å². The van der Waals surface area contributed by atoms with Crippen LogP contribution in [-0.2, 0) is 24.2 Å². The molecule has 2 aromatic rings. The molecule has 1 heterocycles. The first-order valence-corrected chi connectivity index (χ1v) is 7.33. The molecule has 0 aromatic heterocycles. The molecule has 0 atom stereocenters. The van der Waals surface area contributed by atoms with E-state index in [2.05, 4.69) is 25.1 Å². The van der Waals surface area contributed by atoms with E-state index in [1.165, 1.54) is 16.7 Å². The van der Waals surface area contributed by atoms with E-state index >= 15 is 0 Å². The molecule has 0 spiro atoms. The van der Waals surface area contributed by atoms with E-state index in [-0.39, 0.29) is 5.91 Å². The molecule has 3 nitrogen and oxygen atoms in total. The number of aryl methyl sites for hydroxylation is 1. The molecule has 3 rings (SSSR count). The fourth-order valence-electron chi connectivity index (χ4n) is 2.84. The second-order valence-electron chi connectivity index (χ2n) is 5.71. The second-order valence-corrected chi connectivity index (χ2v) is 5.71. The van der Waals surface area contributed by atoms with Crippen LogP contribution in [0.3, 0.4) is 0 Å². The number of hydrogen-bond acceptors (Lipinski definition) is 2. The molecule has 0 saturated heterocycles. The van der Waals surface area contributed by atoms with Crippen molar-refractivity contribution in [1.29, 1.82) is 0 Å². The first-order chi connectivity index (χ1) is 10.1. The van der Waals surface area contributed by atoms with E-state index in [1.807, 2.05) is 29.2 Å². The van der Waals surface area contributed by atoms with Crippen molar-refractivity contribution in [1.82, 2.24) is 4.90 Å². The Kier molecular flexibility index (Phi) is 3.65. The van der Waals surface area contributed by atoms with E-state index in [1.54, 1.807) is 0 Å². The quantitative estimate of drug-likeness (QED) is 0.860. The number of amides is 1. The molecule has 0 unspecified atom stereocenters. The van der Waals surface area contributed by atoms with Gasteiger partial charge >= 0.3 is 0 Å². The van der Waals surface area contributed by atoms with E-state index < -0.39 is 0 Å². The molecular weight excluding hydrogens is 260 g/mol. The minimum atomic E-state index is 0.187. The summed E-state index contributed by atoms with van der Waals surface area (Å²) in [5, 5.41) is 0. The van der Waals surface area contributed by atoms with Crippen LogP contribution in [0, 0.1) is 6.92 Å². The van der Waals surface area contributed by atoms with Gasteiger partial charge in [-0.05, 0) is 36.1 Å². The predicted octanol–water partition coefficient (Wildman–Crippen LogP) is 2.70. The van der Waals surface area contributed by atoms with E-state index in [0.717, 1.165) is 24.2 Å². The van der Waals surface area contributed by atoms with Gasteiger partial charge in [-0.25, -0.2) is 0 Å². The summed E-state index contributed by atoms with van der Waals surface area (Å²) in [6.07, 6.45) is 1.32. The number of benzene rings is 2. The zero-order chi connectivity index (χ0) is 14.8. The van der Waals surface area contributed by atoms with Crippen LogP contribution in [0.4, 0.5) is 5.69 Å². The van der Waals surface area contributed by atoms with Crippen LogP contribution in [0.15, 0.2) is 42.5 Å². The van der Waals surface area contributed by atoms with Gasteiger partial charge in [0.15, 0.2) is 0 Å². The minimum absolute atomic E-state index is 0.187. The third-order valence-electron chi connectivity index (χ3n) is 4.13. The van der Waals surface area contributed by atoms with E-state index in [4.69, 9.17) is 5.73 Å². The topological polar surface area (TPSA) is 46.3 Å². The Morgan fingerprint density at radius 1 is 1.19 bits per heavy atom. The van der Waals surface area contributed by atoms with Gasteiger partial charge < -0.3 is 10.6 Å². The maximum atomic E-state index is 12.4. The van der Waals surface area contributed by atoms with Crippen LogP contribution in [0.25, 0.3) is 0 Å². The standard InChI is InChI=1S/C18H20N2O/c1-13-5-7-14(8-6-13)11-18(21)20-10-9-16-15(12-20)3-2-4-17(16)19/h2-8H,9-12,19H2,1H3. The van der Waals surface area contributed by atoms with Crippen molar-refractivity contribution in [2.75, 3.05) is 12.3 Å². The minimum Gasteiger partial charge on any atom is -0.398 e. The molecule has 0 fully saturated rings. The second kappa shape index (κ2) is 5.60. The summed E-state index contributed by atoms with van der Waals surface area (Å²) in [5.74, 6) is 0.187. The third kappa shape index (κ3) is 2.92. The molecule has 21 heavy (non-hydrogen) atoms. The van der Waals surface area contributed by atoms with Crippen LogP contribution < -0.4 is 5.73 Å². The number of nitrogens with two attached hydrogens (primary N) is 1. The van der Waals surface area contributed by atoms with Gasteiger partial charge in [0.05, 0.1) is 6.42 Å². The van der Waals surface area contributed by atoms with Gasteiger partial charge in [0.2, 0.25) is 5.91 Å². The predicted molar refractivity (Wildman–Crippen MR) is 84.9 cm³/mol. The van der Waals surface area contributed by atoms with Crippen molar-refractivity contribution < 1.29 is 4.79 Å². The molecule has 0 bridgehead atoms. The van der Waals surface area contributed by atoms with Crippen molar-refractivity contribution in [3.8, 4) is 0 Å². The molecule has 0 aliphatic carbocycles. The van der Waals surface area contributed by atoms with Gasteiger partial charge in [-0.2, -0.15) is 0 Å². The van der Waals surface area contributed by atoms with E-state index in [0.29, 0.717) is 13.0 Å². The lowest BCUT2D eigenvalue weighted by Crippen LogP contribution is -2.37. The van der Waals surface area contributed by atoms with Crippen molar-refractivity contribution in [2.45, 2.75) is 26.3 Å². The molecule has 0 radical (unpaired) electrons. The molecule has 1 aliphatic rings. The molecule has 1 amide bonds. The molecule has 2 N–H and O–H groups in total. The number of fused-ring (bicyclic) bond motifs is 1. The molecule has 2 aromatic carbocycles. The van der Waals surface area contributed by atoms with Crippen LogP contribution in [0.2, 0.25) is 0 Å². The lowest BCUT2D eigenvalue weighted by Gasteiger charge is -2.29. The Labute approximate surface area is 125 Å². The van der Waals surface area contributed by atoms with Gasteiger partial charge in [0.1, 0.15) is 0 Å². The summed E-state index contributed by atoms with van der Waals surface area (Å²) in [5.41, 5.74) is 11.5. The largest absolute Gasteiger partial charge is 0.398 e. The fraction of sp³-hybridized carbons (Fsp3) is 0.278. The average Bonchev–Trinajstić information content (AvgIpc) is 2.49. The highest BCUT2D eigenvalue weighted by atomic mass is 16.2. The van der Waals surface area contributed by atoms with Crippen LogP contribution in [0.1, 0.15) is 22.3 Å². The first kappa shape index (κ1) is 13.7. The summed E-state index contributed by atoms with van der Waals surface area (Å²) in [6.45, 7) is 3.48. The monoisotopic (exact) mass is 280 g/mol. The summed E-state index contributed by atoms with van der Waals surface area (Å²) in [6, 6.07) is 14.1. The van der Waals surface area contributed by atoms with Crippen LogP contribution in [0.5, 0.6) is 0 Å². The molecule has 108 valence electrons. The molecule has 1 aliphatic heterocycles. The maximum absolute atomic E-state index is 12.4. The number of nitrogens with zero attached hydrogens (tertiary/aromatic N) is 1. The van der Waals surface area contributed by atoms with Gasteiger partial charge in [-0.15, -0.1) is 0 Å². The number of rotatable bonds is 2. The third-order valence-corrected chi connectivity index (χ3v) is 4.13. The normalized spacial score (nSPS) is 13.9. The molecular formula is C18H20N2O. The molecule has 3 heteroatoms. The Morgan fingerprint density at radius 2 is 1.95 bits per heavy atom. The van der Waals surface area contributed by atoms with Crippen molar-refractivity contribution in [2.24, 2.45) is 0 Å². The number of carbonyl (C=O) groups is 1.